The van der Waals surface area contributed by atoms with Crippen LogP contribution in [0.3, 0.4) is 0 Å². The van der Waals surface area contributed by atoms with Crippen molar-refractivity contribution in [1.82, 2.24) is 20.0 Å². The van der Waals surface area contributed by atoms with Crippen molar-refractivity contribution in [2.45, 2.75) is 35.7 Å². The zero-order valence-corrected chi connectivity index (χ0v) is 18.9. The lowest BCUT2D eigenvalue weighted by Gasteiger charge is -2.24. The highest BCUT2D eigenvalue weighted by molar-refractivity contribution is 7.92. The van der Waals surface area contributed by atoms with E-state index < -0.39 is 43.7 Å². The Bertz CT molecular complexity index is 1310. The van der Waals surface area contributed by atoms with Crippen LogP contribution in [0.4, 0.5) is 19.0 Å². The summed E-state index contributed by atoms with van der Waals surface area (Å²) in [7, 11) is -3.31. The fourth-order valence-corrected chi connectivity index (χ4v) is 5.94. The number of aromatic nitrogens is 4. The smallest absolute Gasteiger partial charge is 0.417 e. The molecule has 1 unspecified atom stereocenters. The molecule has 1 aliphatic heterocycles. The first-order valence-electron chi connectivity index (χ1n) is 10.1. The maximum Gasteiger partial charge on any atom is 0.417 e. The third-order valence-corrected chi connectivity index (χ3v) is 7.74. The number of anilines is 1. The lowest BCUT2D eigenvalue weighted by molar-refractivity contribution is -0.142. The third kappa shape index (κ3) is 4.22. The van der Waals surface area contributed by atoms with Crippen molar-refractivity contribution in [1.29, 1.82) is 0 Å². The van der Waals surface area contributed by atoms with E-state index in [-0.39, 0.29) is 13.0 Å². The molecule has 3 aromatic rings. The molecule has 1 saturated heterocycles. The normalized spacial score (nSPS) is 18.8. The SMILES string of the molecule is COC(=O)C1C[C@@H](S(=O)(=O)c2ccccc2C(F)(F)F)CN1c1cc(C)nn1-c1cccnn1. The number of aryl methyl sites for hydroxylation is 1. The molecule has 1 aromatic carbocycles. The highest BCUT2D eigenvalue weighted by Gasteiger charge is 2.47. The summed E-state index contributed by atoms with van der Waals surface area (Å²) in [5.74, 6) is -0.0514. The molecule has 9 nitrogen and oxygen atoms in total. The first kappa shape index (κ1) is 23.7. The van der Waals surface area contributed by atoms with Crippen LogP contribution in [0, 0.1) is 6.92 Å². The van der Waals surface area contributed by atoms with Gasteiger partial charge in [-0.15, -0.1) is 5.10 Å². The van der Waals surface area contributed by atoms with E-state index in [1.807, 2.05) is 0 Å². The number of esters is 1. The molecule has 1 aliphatic rings. The lowest BCUT2D eigenvalue weighted by Crippen LogP contribution is -2.38. The zero-order chi connectivity index (χ0) is 24.7. The van der Waals surface area contributed by atoms with Crippen molar-refractivity contribution in [3.8, 4) is 5.82 Å². The summed E-state index contributed by atoms with van der Waals surface area (Å²) in [5, 5.41) is 10.9. The minimum atomic E-state index is -4.86. The van der Waals surface area contributed by atoms with Crippen LogP contribution in [0.25, 0.3) is 5.82 Å². The van der Waals surface area contributed by atoms with Crippen molar-refractivity contribution < 1.29 is 31.1 Å². The molecule has 4 rings (SSSR count). The summed E-state index contributed by atoms with van der Waals surface area (Å²) in [6.07, 6.45) is -3.65. The van der Waals surface area contributed by atoms with Crippen LogP contribution in [-0.2, 0) is 25.5 Å². The van der Waals surface area contributed by atoms with Gasteiger partial charge in [-0.2, -0.15) is 28.1 Å². The van der Waals surface area contributed by atoms with Crippen molar-refractivity contribution in [3.05, 3.63) is 59.9 Å². The predicted molar refractivity (Wildman–Crippen MR) is 114 cm³/mol. The number of carbonyl (C=O) groups is 1. The van der Waals surface area contributed by atoms with E-state index in [0.717, 1.165) is 25.3 Å². The van der Waals surface area contributed by atoms with Gasteiger partial charge in [0.2, 0.25) is 0 Å². The van der Waals surface area contributed by atoms with E-state index >= 15 is 0 Å². The number of sulfone groups is 1. The summed E-state index contributed by atoms with van der Waals surface area (Å²) in [6.45, 7) is 1.45. The molecule has 0 bridgehead atoms. The van der Waals surface area contributed by atoms with Crippen LogP contribution >= 0.6 is 0 Å². The van der Waals surface area contributed by atoms with Crippen LogP contribution in [-0.4, -0.2) is 59.3 Å². The van der Waals surface area contributed by atoms with Gasteiger partial charge in [-0.25, -0.2) is 13.2 Å². The van der Waals surface area contributed by atoms with Gasteiger partial charge in [-0.3, -0.25) is 0 Å². The molecule has 2 atom stereocenters. The highest BCUT2D eigenvalue weighted by Crippen LogP contribution is 2.39. The first-order chi connectivity index (χ1) is 16.0. The van der Waals surface area contributed by atoms with Crippen LogP contribution in [0.5, 0.6) is 0 Å². The fraction of sp³-hybridized carbons (Fsp3) is 0.333. The Morgan fingerprint density at radius 1 is 1.18 bits per heavy atom. The molecule has 180 valence electrons. The monoisotopic (exact) mass is 495 g/mol. The minimum absolute atomic E-state index is 0.250. The number of halogens is 3. The number of nitrogens with zero attached hydrogens (tertiary/aromatic N) is 5. The Morgan fingerprint density at radius 2 is 1.91 bits per heavy atom. The van der Waals surface area contributed by atoms with Crippen LogP contribution in [0.15, 0.2) is 53.6 Å². The topological polar surface area (TPSA) is 107 Å². The number of rotatable bonds is 5. The molecular formula is C21H20F3N5O4S. The van der Waals surface area contributed by atoms with Gasteiger partial charge in [-0.05, 0) is 37.6 Å². The minimum Gasteiger partial charge on any atom is -0.467 e. The Hall–Kier alpha value is -3.48. The number of alkyl halides is 3. The van der Waals surface area contributed by atoms with E-state index in [9.17, 15) is 26.4 Å². The molecule has 0 spiro atoms. The van der Waals surface area contributed by atoms with E-state index in [1.54, 1.807) is 25.1 Å². The van der Waals surface area contributed by atoms with Gasteiger partial charge in [0.05, 0.1) is 28.5 Å². The maximum atomic E-state index is 13.5. The zero-order valence-electron chi connectivity index (χ0n) is 18.1. The Kier molecular flexibility index (Phi) is 6.06. The van der Waals surface area contributed by atoms with Crippen LogP contribution in [0.2, 0.25) is 0 Å². The Morgan fingerprint density at radius 3 is 2.56 bits per heavy atom. The number of benzene rings is 1. The summed E-state index contributed by atoms with van der Waals surface area (Å²) in [4.78, 5) is 13.2. The molecule has 34 heavy (non-hydrogen) atoms. The summed E-state index contributed by atoms with van der Waals surface area (Å²) in [6, 6.07) is 7.84. The van der Waals surface area contributed by atoms with Gasteiger partial charge in [0.1, 0.15) is 11.9 Å². The largest absolute Gasteiger partial charge is 0.467 e. The molecule has 0 aliphatic carbocycles. The van der Waals surface area contributed by atoms with E-state index in [2.05, 4.69) is 15.3 Å². The summed E-state index contributed by atoms with van der Waals surface area (Å²) in [5.41, 5.74) is -0.693. The average molecular weight is 495 g/mol. The molecule has 13 heteroatoms. The van der Waals surface area contributed by atoms with E-state index in [0.29, 0.717) is 17.3 Å². The third-order valence-electron chi connectivity index (χ3n) is 5.56. The van der Waals surface area contributed by atoms with Crippen LogP contribution < -0.4 is 4.90 Å². The van der Waals surface area contributed by atoms with Gasteiger partial charge >= 0.3 is 12.1 Å². The number of methoxy groups -OCH3 is 1. The van der Waals surface area contributed by atoms with Crippen molar-refractivity contribution in [2.24, 2.45) is 0 Å². The summed E-state index contributed by atoms with van der Waals surface area (Å²) < 4.78 is 73.6. The summed E-state index contributed by atoms with van der Waals surface area (Å²) >= 11 is 0. The Balaban J connectivity index is 1.78. The average Bonchev–Trinajstić information content (AvgIpc) is 3.43. The molecule has 0 N–H and O–H groups in total. The van der Waals surface area contributed by atoms with Crippen molar-refractivity contribution in [3.63, 3.8) is 0 Å². The molecular weight excluding hydrogens is 475 g/mol. The number of hydrogen-bond acceptors (Lipinski definition) is 8. The Labute approximate surface area is 193 Å². The standard InChI is InChI=1S/C21H20F3N5O4S/c1-13-10-19(29(27-13)18-8-5-9-25-26-18)28-12-14(11-16(28)20(30)33-2)34(31,32)17-7-4-3-6-15(17)21(22,23)24/h3-10,14,16H,11-12H2,1-2H3/t14-,16?/m1/s1. The van der Waals surface area contributed by atoms with Gasteiger partial charge in [0.15, 0.2) is 15.7 Å². The second-order valence-corrected chi connectivity index (χ2v) is 9.92. The van der Waals surface area contributed by atoms with E-state index in [1.165, 1.54) is 21.8 Å². The lowest BCUT2D eigenvalue weighted by atomic mass is 10.2. The van der Waals surface area contributed by atoms with Gasteiger partial charge in [-0.1, -0.05) is 12.1 Å². The highest BCUT2D eigenvalue weighted by atomic mass is 32.2. The number of ether oxygens (including phenoxy) is 1. The fourth-order valence-electron chi connectivity index (χ4n) is 4.03. The predicted octanol–water partition coefficient (Wildman–Crippen LogP) is 2.58. The molecule has 0 amide bonds. The molecule has 1 fully saturated rings. The van der Waals surface area contributed by atoms with Gasteiger partial charge in [0.25, 0.3) is 0 Å². The van der Waals surface area contributed by atoms with Crippen molar-refractivity contribution >= 4 is 21.6 Å². The first-order valence-corrected chi connectivity index (χ1v) is 11.7. The molecule has 0 radical (unpaired) electrons. The quantitative estimate of drug-likeness (QED) is 0.497. The van der Waals surface area contributed by atoms with Crippen molar-refractivity contribution in [2.75, 3.05) is 18.6 Å². The number of carbonyl (C=O) groups excluding carboxylic acids is 1. The molecule has 3 heterocycles. The second kappa shape index (κ2) is 8.70. The maximum absolute atomic E-state index is 13.5. The van der Waals surface area contributed by atoms with Gasteiger partial charge < -0.3 is 9.64 Å². The second-order valence-electron chi connectivity index (χ2n) is 7.73. The molecule has 0 saturated carbocycles. The van der Waals surface area contributed by atoms with Crippen LogP contribution in [0.1, 0.15) is 17.7 Å². The molecule has 2 aromatic heterocycles. The number of hydrogen-bond donors (Lipinski definition) is 0. The van der Waals surface area contributed by atoms with Gasteiger partial charge in [0, 0.05) is 18.8 Å². The van der Waals surface area contributed by atoms with E-state index in [4.69, 9.17) is 4.74 Å².